The topological polar surface area (TPSA) is 88.2 Å². The number of para-hydroxylation sites is 2. The molecule has 1 amide bonds. The first-order chi connectivity index (χ1) is 13.9. The normalized spacial score (nSPS) is 11.3. The summed E-state index contributed by atoms with van der Waals surface area (Å²) in [6, 6.07) is 20.1. The third-order valence-electron chi connectivity index (χ3n) is 4.06. The van der Waals surface area contributed by atoms with Gasteiger partial charge in [0.1, 0.15) is 0 Å². The van der Waals surface area contributed by atoms with Gasteiger partial charge in [-0.2, -0.15) is 0 Å². The highest BCUT2D eigenvalue weighted by Gasteiger charge is 2.19. The van der Waals surface area contributed by atoms with Crippen molar-refractivity contribution in [2.24, 2.45) is 0 Å². The lowest BCUT2D eigenvalue weighted by Gasteiger charge is -2.12. The van der Waals surface area contributed by atoms with Crippen LogP contribution in [0.5, 0.6) is 0 Å². The second-order valence-electron chi connectivity index (χ2n) is 6.02. The standard InChI is InChI=1S/C20H14BrN3O3S2/c21-15-10-6-12-17-18(15)22-20(28-17)23-19(25)14-9-4-5-11-16(14)24-29(26,27)13-7-2-1-3-8-13/h1-12,24H,(H,22,23,25). The van der Waals surface area contributed by atoms with E-state index in [1.807, 2.05) is 18.2 Å². The molecule has 0 saturated carbocycles. The third-order valence-corrected chi connectivity index (χ3v) is 7.02. The van der Waals surface area contributed by atoms with Crippen LogP contribution in [-0.2, 0) is 10.0 Å². The van der Waals surface area contributed by atoms with E-state index < -0.39 is 15.9 Å². The summed E-state index contributed by atoms with van der Waals surface area (Å²) in [5, 5.41) is 3.18. The van der Waals surface area contributed by atoms with Crippen molar-refractivity contribution in [3.05, 3.63) is 82.8 Å². The number of halogens is 1. The number of nitrogens with zero attached hydrogens (tertiary/aromatic N) is 1. The first-order valence-electron chi connectivity index (χ1n) is 8.47. The maximum atomic E-state index is 12.8. The maximum Gasteiger partial charge on any atom is 0.261 e. The second-order valence-corrected chi connectivity index (χ2v) is 9.59. The summed E-state index contributed by atoms with van der Waals surface area (Å²) < 4.78 is 29.5. The van der Waals surface area contributed by atoms with E-state index in [0.29, 0.717) is 5.13 Å². The number of carbonyl (C=O) groups excluding carboxylic acids is 1. The Morgan fingerprint density at radius 3 is 2.41 bits per heavy atom. The number of anilines is 2. The van der Waals surface area contributed by atoms with Crippen molar-refractivity contribution in [3.63, 3.8) is 0 Å². The van der Waals surface area contributed by atoms with Crippen LogP contribution in [0.1, 0.15) is 10.4 Å². The number of thiazole rings is 1. The van der Waals surface area contributed by atoms with Crippen LogP contribution in [0.3, 0.4) is 0 Å². The molecule has 0 unspecified atom stereocenters. The molecule has 0 atom stereocenters. The molecule has 0 aliphatic carbocycles. The minimum Gasteiger partial charge on any atom is -0.298 e. The van der Waals surface area contributed by atoms with Gasteiger partial charge in [0.25, 0.3) is 15.9 Å². The van der Waals surface area contributed by atoms with Gasteiger partial charge in [0, 0.05) is 4.47 Å². The molecular weight excluding hydrogens is 474 g/mol. The Hall–Kier alpha value is -2.75. The van der Waals surface area contributed by atoms with Crippen molar-refractivity contribution in [2.75, 3.05) is 10.0 Å². The minimum absolute atomic E-state index is 0.117. The Morgan fingerprint density at radius 2 is 1.66 bits per heavy atom. The molecule has 4 rings (SSSR count). The van der Waals surface area contributed by atoms with Gasteiger partial charge in [-0.15, -0.1) is 0 Å². The number of amides is 1. The average Bonchev–Trinajstić information content (AvgIpc) is 3.12. The van der Waals surface area contributed by atoms with Gasteiger partial charge in [0.2, 0.25) is 0 Å². The molecule has 146 valence electrons. The fourth-order valence-corrected chi connectivity index (χ4v) is 5.28. The van der Waals surface area contributed by atoms with Gasteiger partial charge < -0.3 is 0 Å². The number of sulfonamides is 1. The van der Waals surface area contributed by atoms with Crippen LogP contribution < -0.4 is 10.0 Å². The number of carbonyl (C=O) groups is 1. The van der Waals surface area contributed by atoms with Crippen LogP contribution in [0.2, 0.25) is 0 Å². The lowest BCUT2D eigenvalue weighted by Crippen LogP contribution is -2.18. The number of nitrogens with one attached hydrogen (secondary N) is 2. The Bertz CT molecular complexity index is 1310. The molecule has 0 aliphatic heterocycles. The zero-order valence-electron chi connectivity index (χ0n) is 14.8. The quantitative estimate of drug-likeness (QED) is 0.409. The molecule has 9 heteroatoms. The van der Waals surface area contributed by atoms with Crippen LogP contribution in [0.15, 0.2) is 82.2 Å². The number of aromatic nitrogens is 1. The average molecular weight is 488 g/mol. The fraction of sp³-hybridized carbons (Fsp3) is 0. The molecule has 0 fully saturated rings. The highest BCUT2D eigenvalue weighted by atomic mass is 79.9. The first-order valence-corrected chi connectivity index (χ1v) is 11.6. The Kier molecular flexibility index (Phi) is 5.35. The number of fused-ring (bicyclic) bond motifs is 1. The number of benzene rings is 3. The smallest absolute Gasteiger partial charge is 0.261 e. The summed E-state index contributed by atoms with van der Waals surface area (Å²) in [4.78, 5) is 17.4. The summed E-state index contributed by atoms with van der Waals surface area (Å²) in [6.07, 6.45) is 0. The van der Waals surface area contributed by atoms with Crippen LogP contribution in [0.25, 0.3) is 10.2 Å². The van der Waals surface area contributed by atoms with Crippen LogP contribution in [0, 0.1) is 0 Å². The van der Waals surface area contributed by atoms with E-state index in [9.17, 15) is 13.2 Å². The molecule has 2 N–H and O–H groups in total. The van der Waals surface area contributed by atoms with Gasteiger partial charge >= 0.3 is 0 Å². The zero-order chi connectivity index (χ0) is 20.4. The summed E-state index contributed by atoms with van der Waals surface area (Å²) in [5.41, 5.74) is 1.15. The van der Waals surface area contributed by atoms with Gasteiger partial charge in [0.05, 0.1) is 26.4 Å². The molecule has 29 heavy (non-hydrogen) atoms. The molecule has 0 aliphatic rings. The summed E-state index contributed by atoms with van der Waals surface area (Å²) in [5.74, 6) is -0.452. The molecule has 0 radical (unpaired) electrons. The fourth-order valence-electron chi connectivity index (χ4n) is 2.71. The highest BCUT2D eigenvalue weighted by molar-refractivity contribution is 9.10. The van der Waals surface area contributed by atoms with Crippen LogP contribution in [-0.4, -0.2) is 19.3 Å². The predicted octanol–water partition coefficient (Wildman–Crippen LogP) is 5.11. The number of rotatable bonds is 5. The Labute approximate surface area is 179 Å². The zero-order valence-corrected chi connectivity index (χ0v) is 18.0. The van der Waals surface area contributed by atoms with E-state index in [2.05, 4.69) is 31.0 Å². The molecule has 3 aromatic carbocycles. The SMILES string of the molecule is O=C(Nc1nc2c(Br)cccc2s1)c1ccccc1NS(=O)(=O)c1ccccc1. The molecule has 0 saturated heterocycles. The van der Waals surface area contributed by atoms with Crippen molar-refractivity contribution in [2.45, 2.75) is 4.90 Å². The Morgan fingerprint density at radius 1 is 0.931 bits per heavy atom. The van der Waals surface area contributed by atoms with E-state index in [4.69, 9.17) is 0 Å². The van der Waals surface area contributed by atoms with Crippen molar-refractivity contribution >= 4 is 64.2 Å². The monoisotopic (exact) mass is 487 g/mol. The molecule has 4 aromatic rings. The van der Waals surface area contributed by atoms with Crippen molar-refractivity contribution in [3.8, 4) is 0 Å². The van der Waals surface area contributed by atoms with Gasteiger partial charge in [-0.1, -0.05) is 47.7 Å². The maximum absolute atomic E-state index is 12.8. The molecular formula is C20H14BrN3O3S2. The van der Waals surface area contributed by atoms with Gasteiger partial charge in [-0.3, -0.25) is 14.8 Å². The van der Waals surface area contributed by atoms with Gasteiger partial charge in [0.15, 0.2) is 5.13 Å². The number of hydrogen-bond donors (Lipinski definition) is 2. The van der Waals surface area contributed by atoms with E-state index in [0.717, 1.165) is 14.7 Å². The lowest BCUT2D eigenvalue weighted by atomic mass is 10.2. The first kappa shape index (κ1) is 19.6. The molecule has 1 aromatic heterocycles. The van der Waals surface area contributed by atoms with E-state index >= 15 is 0 Å². The highest BCUT2D eigenvalue weighted by Crippen LogP contribution is 2.31. The predicted molar refractivity (Wildman–Crippen MR) is 119 cm³/mol. The van der Waals surface area contributed by atoms with E-state index in [1.165, 1.54) is 23.5 Å². The summed E-state index contributed by atoms with van der Waals surface area (Å²) in [6.45, 7) is 0. The largest absolute Gasteiger partial charge is 0.298 e. The van der Waals surface area contributed by atoms with E-state index in [1.54, 1.807) is 42.5 Å². The molecule has 1 heterocycles. The summed E-state index contributed by atoms with van der Waals surface area (Å²) >= 11 is 4.78. The molecule has 0 spiro atoms. The molecule has 0 bridgehead atoms. The third kappa shape index (κ3) is 4.16. The molecule has 6 nitrogen and oxygen atoms in total. The number of hydrogen-bond acceptors (Lipinski definition) is 5. The van der Waals surface area contributed by atoms with Gasteiger partial charge in [-0.25, -0.2) is 13.4 Å². The second kappa shape index (κ2) is 7.94. The van der Waals surface area contributed by atoms with Crippen LogP contribution >= 0.6 is 27.3 Å². The minimum atomic E-state index is -3.82. The Balaban J connectivity index is 1.62. The lowest BCUT2D eigenvalue weighted by molar-refractivity contribution is 0.102. The van der Waals surface area contributed by atoms with Crippen molar-refractivity contribution in [1.82, 2.24) is 4.98 Å². The van der Waals surface area contributed by atoms with Crippen LogP contribution in [0.4, 0.5) is 10.8 Å². The summed E-state index contributed by atoms with van der Waals surface area (Å²) in [7, 11) is -3.82. The van der Waals surface area contributed by atoms with E-state index in [-0.39, 0.29) is 16.1 Å². The van der Waals surface area contributed by atoms with Crippen molar-refractivity contribution < 1.29 is 13.2 Å². The van der Waals surface area contributed by atoms with Gasteiger partial charge in [-0.05, 0) is 52.3 Å². The van der Waals surface area contributed by atoms with Crippen molar-refractivity contribution in [1.29, 1.82) is 0 Å².